The van der Waals surface area contributed by atoms with Crippen LogP contribution in [-0.2, 0) is 13.0 Å². The van der Waals surface area contributed by atoms with Crippen LogP contribution in [0.4, 0.5) is 5.00 Å². The lowest BCUT2D eigenvalue weighted by atomic mass is 10.1. The summed E-state index contributed by atoms with van der Waals surface area (Å²) in [5.74, 6) is 1.99. The van der Waals surface area contributed by atoms with E-state index >= 15 is 0 Å². The molecule has 32 heavy (non-hydrogen) atoms. The van der Waals surface area contributed by atoms with Crippen LogP contribution in [0.1, 0.15) is 31.2 Å². The standard InChI is InChI=1S/C24H32N6S.HI/c1-2-25-24(28-21-11-15-29(16-12-21)23-9-6-18-31-23)27-13-10-22-26-14-17-30(22)19-20-7-4-3-5-8-20;/h3-9,14,17-18,21H,2,10-13,15-16,19H2,1H3,(H2,25,27,28);1H. The number of benzene rings is 1. The lowest BCUT2D eigenvalue weighted by Gasteiger charge is -2.33. The maximum atomic E-state index is 4.83. The van der Waals surface area contributed by atoms with Crippen molar-refractivity contribution in [2.75, 3.05) is 31.1 Å². The number of thiophene rings is 1. The first kappa shape index (κ1) is 24.6. The number of rotatable bonds is 8. The molecule has 0 radical (unpaired) electrons. The Morgan fingerprint density at radius 2 is 1.97 bits per heavy atom. The summed E-state index contributed by atoms with van der Waals surface area (Å²) in [6, 6.07) is 15.3. The number of imidazole rings is 1. The van der Waals surface area contributed by atoms with Crippen molar-refractivity contribution in [2.45, 2.75) is 38.8 Å². The third kappa shape index (κ3) is 6.96. The predicted octanol–water partition coefficient (Wildman–Crippen LogP) is 4.38. The number of nitrogens with one attached hydrogen (secondary N) is 2. The number of aliphatic imine (C=N–C) groups is 1. The molecule has 172 valence electrons. The summed E-state index contributed by atoms with van der Waals surface area (Å²) < 4.78 is 2.21. The van der Waals surface area contributed by atoms with Gasteiger partial charge in [-0.15, -0.1) is 35.3 Å². The summed E-state index contributed by atoms with van der Waals surface area (Å²) in [4.78, 5) is 11.9. The zero-order valence-corrected chi connectivity index (χ0v) is 21.8. The molecule has 1 aliphatic heterocycles. The highest BCUT2D eigenvalue weighted by Gasteiger charge is 2.20. The van der Waals surface area contributed by atoms with Crippen LogP contribution < -0.4 is 15.5 Å². The number of hydrogen-bond donors (Lipinski definition) is 2. The molecule has 2 aromatic heterocycles. The van der Waals surface area contributed by atoms with Crippen molar-refractivity contribution in [3.8, 4) is 0 Å². The highest BCUT2D eigenvalue weighted by atomic mass is 127. The fraction of sp³-hybridized carbons (Fsp3) is 0.417. The zero-order chi connectivity index (χ0) is 21.3. The van der Waals surface area contributed by atoms with Crippen LogP contribution in [0.25, 0.3) is 0 Å². The SMILES string of the molecule is CCNC(=NCCc1nccn1Cc1ccccc1)NC1CCN(c2cccs2)CC1.I. The first-order valence-corrected chi connectivity index (χ1v) is 12.1. The molecule has 4 rings (SSSR count). The monoisotopic (exact) mass is 564 g/mol. The van der Waals surface area contributed by atoms with E-state index in [0.717, 1.165) is 63.8 Å². The van der Waals surface area contributed by atoms with Gasteiger partial charge in [-0.2, -0.15) is 0 Å². The molecular formula is C24H33IN6S. The molecule has 0 atom stereocenters. The molecule has 0 saturated carbocycles. The Morgan fingerprint density at radius 3 is 2.69 bits per heavy atom. The zero-order valence-electron chi connectivity index (χ0n) is 18.6. The second-order valence-corrected chi connectivity index (χ2v) is 8.75. The van der Waals surface area contributed by atoms with Crippen molar-refractivity contribution in [3.63, 3.8) is 0 Å². The second-order valence-electron chi connectivity index (χ2n) is 7.82. The van der Waals surface area contributed by atoms with E-state index in [1.807, 2.05) is 23.6 Å². The number of piperidine rings is 1. The molecule has 0 bridgehead atoms. The Kier molecular flexibility index (Phi) is 9.86. The van der Waals surface area contributed by atoms with Gasteiger partial charge < -0.3 is 20.1 Å². The Balaban J connectivity index is 0.00000289. The molecule has 1 saturated heterocycles. The summed E-state index contributed by atoms with van der Waals surface area (Å²) in [6.07, 6.45) is 7.02. The lowest BCUT2D eigenvalue weighted by molar-refractivity contribution is 0.463. The number of guanidine groups is 1. The van der Waals surface area contributed by atoms with E-state index < -0.39 is 0 Å². The van der Waals surface area contributed by atoms with Gasteiger partial charge in [-0.3, -0.25) is 4.99 Å². The molecular weight excluding hydrogens is 531 g/mol. The van der Waals surface area contributed by atoms with E-state index in [1.165, 1.54) is 10.6 Å². The van der Waals surface area contributed by atoms with E-state index in [1.54, 1.807) is 0 Å². The number of halogens is 1. The summed E-state index contributed by atoms with van der Waals surface area (Å²) in [7, 11) is 0. The molecule has 3 aromatic rings. The van der Waals surface area contributed by atoms with Gasteiger partial charge in [0.2, 0.25) is 0 Å². The molecule has 0 aliphatic carbocycles. The van der Waals surface area contributed by atoms with E-state index in [2.05, 4.69) is 80.0 Å². The normalized spacial score (nSPS) is 14.8. The van der Waals surface area contributed by atoms with Gasteiger partial charge in [0.1, 0.15) is 5.82 Å². The van der Waals surface area contributed by atoms with E-state index in [4.69, 9.17) is 4.99 Å². The van der Waals surface area contributed by atoms with Crippen LogP contribution in [-0.4, -0.2) is 47.7 Å². The van der Waals surface area contributed by atoms with Gasteiger partial charge in [0, 0.05) is 57.6 Å². The third-order valence-corrected chi connectivity index (χ3v) is 6.53. The molecule has 3 heterocycles. The van der Waals surface area contributed by atoms with Crippen LogP contribution in [0.15, 0.2) is 65.2 Å². The quantitative estimate of drug-likeness (QED) is 0.242. The number of aromatic nitrogens is 2. The smallest absolute Gasteiger partial charge is 0.191 e. The largest absolute Gasteiger partial charge is 0.363 e. The van der Waals surface area contributed by atoms with Crippen molar-refractivity contribution in [1.82, 2.24) is 20.2 Å². The molecule has 1 fully saturated rings. The average molecular weight is 565 g/mol. The molecule has 0 unspecified atom stereocenters. The van der Waals surface area contributed by atoms with Crippen LogP contribution in [0.3, 0.4) is 0 Å². The van der Waals surface area contributed by atoms with Crippen LogP contribution >= 0.6 is 35.3 Å². The molecule has 6 nitrogen and oxygen atoms in total. The van der Waals surface area contributed by atoms with E-state index in [9.17, 15) is 0 Å². The Hall–Kier alpha value is -2.07. The number of nitrogens with zero attached hydrogens (tertiary/aromatic N) is 4. The minimum Gasteiger partial charge on any atom is -0.363 e. The van der Waals surface area contributed by atoms with E-state index in [-0.39, 0.29) is 24.0 Å². The first-order chi connectivity index (χ1) is 15.3. The minimum atomic E-state index is 0. The van der Waals surface area contributed by atoms with Crippen LogP contribution in [0.2, 0.25) is 0 Å². The number of hydrogen-bond acceptors (Lipinski definition) is 4. The summed E-state index contributed by atoms with van der Waals surface area (Å²) in [5.41, 5.74) is 1.29. The van der Waals surface area contributed by atoms with Gasteiger partial charge in [-0.05, 0) is 42.8 Å². The van der Waals surface area contributed by atoms with Crippen molar-refractivity contribution in [2.24, 2.45) is 4.99 Å². The summed E-state index contributed by atoms with van der Waals surface area (Å²) in [6.45, 7) is 6.73. The van der Waals surface area contributed by atoms with Gasteiger partial charge in [-0.1, -0.05) is 30.3 Å². The fourth-order valence-corrected chi connectivity index (χ4v) is 4.75. The molecule has 0 spiro atoms. The van der Waals surface area contributed by atoms with Gasteiger partial charge in [0.05, 0.1) is 5.00 Å². The van der Waals surface area contributed by atoms with Crippen molar-refractivity contribution < 1.29 is 0 Å². The molecule has 0 amide bonds. The first-order valence-electron chi connectivity index (χ1n) is 11.2. The maximum absolute atomic E-state index is 4.83. The van der Waals surface area contributed by atoms with Crippen molar-refractivity contribution in [1.29, 1.82) is 0 Å². The van der Waals surface area contributed by atoms with Crippen LogP contribution in [0, 0.1) is 0 Å². The fourth-order valence-electron chi connectivity index (χ4n) is 3.97. The predicted molar refractivity (Wildman–Crippen MR) is 146 cm³/mol. The topological polar surface area (TPSA) is 57.5 Å². The second kappa shape index (κ2) is 12.8. The summed E-state index contributed by atoms with van der Waals surface area (Å²) in [5, 5.41) is 10.6. The van der Waals surface area contributed by atoms with Gasteiger partial charge in [0.25, 0.3) is 0 Å². The molecule has 1 aliphatic rings. The van der Waals surface area contributed by atoms with Crippen LogP contribution in [0.5, 0.6) is 0 Å². The molecule has 1 aromatic carbocycles. The number of anilines is 1. The Labute approximate surface area is 212 Å². The third-order valence-electron chi connectivity index (χ3n) is 5.60. The highest BCUT2D eigenvalue weighted by molar-refractivity contribution is 14.0. The molecule has 8 heteroatoms. The van der Waals surface area contributed by atoms with E-state index in [0.29, 0.717) is 6.04 Å². The van der Waals surface area contributed by atoms with Crippen molar-refractivity contribution in [3.05, 3.63) is 71.6 Å². The average Bonchev–Trinajstić information content (AvgIpc) is 3.48. The maximum Gasteiger partial charge on any atom is 0.191 e. The van der Waals surface area contributed by atoms with Gasteiger partial charge >= 0.3 is 0 Å². The molecule has 2 N–H and O–H groups in total. The van der Waals surface area contributed by atoms with Gasteiger partial charge in [-0.25, -0.2) is 4.98 Å². The lowest BCUT2D eigenvalue weighted by Crippen LogP contribution is -2.48. The van der Waals surface area contributed by atoms with Crippen molar-refractivity contribution >= 4 is 46.3 Å². The highest BCUT2D eigenvalue weighted by Crippen LogP contribution is 2.24. The van der Waals surface area contributed by atoms with Gasteiger partial charge in [0.15, 0.2) is 5.96 Å². The minimum absolute atomic E-state index is 0. The summed E-state index contributed by atoms with van der Waals surface area (Å²) >= 11 is 1.83. The Morgan fingerprint density at radius 1 is 1.16 bits per heavy atom. The Bertz CT molecular complexity index is 933.